The maximum absolute atomic E-state index is 13.0. The Kier molecular flexibility index (Phi) is 58.4. The van der Waals surface area contributed by atoms with Gasteiger partial charge >= 0.3 is 7.82 Å². The molecule has 0 spiro atoms. The molecule has 0 radical (unpaired) electrons. The Labute approximate surface area is 480 Å². The van der Waals surface area contributed by atoms with Gasteiger partial charge in [0.1, 0.15) is 13.2 Å². The van der Waals surface area contributed by atoms with Gasteiger partial charge in [0.05, 0.1) is 39.9 Å². The number of aliphatic hydroxyl groups excluding tert-OH is 1. The third-order valence-corrected chi connectivity index (χ3v) is 16.6. The van der Waals surface area contributed by atoms with E-state index in [1.165, 1.54) is 276 Å². The molecule has 8 nitrogen and oxygen atoms in total. The van der Waals surface area contributed by atoms with E-state index in [1.54, 1.807) is 6.08 Å². The summed E-state index contributed by atoms with van der Waals surface area (Å²) in [6.07, 6.45) is 78.7. The SMILES string of the molecule is CCCCCCCCCCCCCCCCCCC/C=C/CC/C=C/CC/C=C/C(O)C(COP(=O)(O)OCC[N+](C)(C)C)NC(=O)CCCCCCCCCCCCCCCCCCCCCCCCCCCCCC. The van der Waals surface area contributed by atoms with Gasteiger partial charge in [0, 0.05) is 6.42 Å². The van der Waals surface area contributed by atoms with E-state index in [-0.39, 0.29) is 19.1 Å². The van der Waals surface area contributed by atoms with Gasteiger partial charge in [0.25, 0.3) is 0 Å². The Balaban J connectivity index is 4.13. The highest BCUT2D eigenvalue weighted by molar-refractivity contribution is 7.47. The molecule has 0 heterocycles. The average molecular weight is 1110 g/mol. The van der Waals surface area contributed by atoms with Crippen molar-refractivity contribution in [1.29, 1.82) is 0 Å². The van der Waals surface area contributed by atoms with E-state index in [9.17, 15) is 19.4 Å². The number of carbonyl (C=O) groups excluding carboxylic acids is 1. The number of amides is 1. The summed E-state index contributed by atoms with van der Waals surface area (Å²) in [7, 11) is 1.56. The lowest BCUT2D eigenvalue weighted by Gasteiger charge is -2.25. The van der Waals surface area contributed by atoms with Crippen molar-refractivity contribution in [1.82, 2.24) is 5.32 Å². The van der Waals surface area contributed by atoms with Crippen LogP contribution in [-0.4, -0.2) is 73.4 Å². The van der Waals surface area contributed by atoms with Crippen molar-refractivity contribution >= 4 is 13.7 Å². The Bertz CT molecular complexity index is 1350. The fourth-order valence-electron chi connectivity index (χ4n) is 10.3. The predicted octanol–water partition coefficient (Wildman–Crippen LogP) is 21.3. The van der Waals surface area contributed by atoms with Crippen LogP contribution in [-0.2, 0) is 18.4 Å². The highest BCUT2D eigenvalue weighted by Gasteiger charge is 2.28. The molecule has 456 valence electrons. The third kappa shape index (κ3) is 62.2. The maximum atomic E-state index is 13.0. The minimum atomic E-state index is -4.36. The van der Waals surface area contributed by atoms with Gasteiger partial charge in [0.15, 0.2) is 0 Å². The summed E-state index contributed by atoms with van der Waals surface area (Å²) in [6, 6.07) is -0.869. The molecule has 1 amide bonds. The van der Waals surface area contributed by atoms with Crippen LogP contribution in [0.5, 0.6) is 0 Å². The molecule has 0 rings (SSSR count). The number of nitrogens with one attached hydrogen (secondary N) is 1. The van der Waals surface area contributed by atoms with Gasteiger partial charge in [-0.25, -0.2) is 4.57 Å². The Hall–Kier alpha value is -1.28. The summed E-state index contributed by atoms with van der Waals surface area (Å²) in [4.78, 5) is 23.4. The standard InChI is InChI=1S/C68H133N2O6P/c1-6-8-10-12-14-16-18-20-22-24-26-28-30-32-34-36-38-40-42-44-46-48-50-52-54-56-58-60-62-68(72)69-66(65-76-77(73,74)75-64-63-70(3,4)5)67(71)61-59-57-55-53-51-49-47-45-43-41-39-37-35-33-31-29-27-25-23-21-19-17-15-13-11-9-7-2/h43,45,51,53,59,61,66-67,71H,6-42,44,46-50,52,54-58,60,62-65H2,1-5H3,(H-,69,72,73,74)/p+1/b45-43+,53-51+,61-59+. The van der Waals surface area contributed by atoms with E-state index in [0.29, 0.717) is 17.4 Å². The van der Waals surface area contributed by atoms with Crippen molar-refractivity contribution in [3.8, 4) is 0 Å². The second-order valence-corrected chi connectivity index (χ2v) is 26.0. The smallest absolute Gasteiger partial charge is 0.387 e. The first kappa shape index (κ1) is 75.7. The van der Waals surface area contributed by atoms with Crippen LogP contribution in [0.3, 0.4) is 0 Å². The monoisotopic (exact) mass is 1110 g/mol. The molecule has 0 aliphatic heterocycles. The molecule has 0 aromatic rings. The fraction of sp³-hybridized carbons (Fsp3) is 0.897. The second kappa shape index (κ2) is 59.3. The predicted molar refractivity (Wildman–Crippen MR) is 337 cm³/mol. The number of allylic oxidation sites excluding steroid dienone is 5. The molecule has 0 aliphatic carbocycles. The molecule has 0 bridgehead atoms. The van der Waals surface area contributed by atoms with Gasteiger partial charge in [-0.3, -0.25) is 13.8 Å². The molecular formula is C68H134N2O6P+. The molecule has 0 aromatic heterocycles. The summed E-state index contributed by atoms with van der Waals surface area (Å²) >= 11 is 0. The molecule has 3 N–H and O–H groups in total. The molecule has 0 aromatic carbocycles. The number of quaternary nitrogens is 1. The number of hydrogen-bond acceptors (Lipinski definition) is 5. The van der Waals surface area contributed by atoms with Crippen LogP contribution in [0.25, 0.3) is 0 Å². The van der Waals surface area contributed by atoms with E-state index in [1.807, 2.05) is 27.2 Å². The summed E-state index contributed by atoms with van der Waals surface area (Å²) in [5.41, 5.74) is 0. The first-order valence-corrected chi connectivity index (χ1v) is 35.4. The van der Waals surface area contributed by atoms with Crippen molar-refractivity contribution in [3.63, 3.8) is 0 Å². The molecule has 0 fully saturated rings. The van der Waals surface area contributed by atoms with Crippen LogP contribution < -0.4 is 5.32 Å². The van der Waals surface area contributed by atoms with Crippen LogP contribution in [0, 0.1) is 0 Å². The molecule has 9 heteroatoms. The van der Waals surface area contributed by atoms with Crippen molar-refractivity contribution in [3.05, 3.63) is 36.5 Å². The quantitative estimate of drug-likeness (QED) is 0.0243. The number of unbranched alkanes of at least 4 members (excludes halogenated alkanes) is 46. The number of rotatable bonds is 63. The van der Waals surface area contributed by atoms with Crippen molar-refractivity contribution in [2.45, 2.75) is 353 Å². The first-order valence-electron chi connectivity index (χ1n) is 33.9. The number of nitrogens with zero attached hydrogens (tertiary/aromatic N) is 1. The zero-order valence-electron chi connectivity index (χ0n) is 52.2. The van der Waals surface area contributed by atoms with Gasteiger partial charge in [-0.1, -0.05) is 326 Å². The van der Waals surface area contributed by atoms with E-state index in [4.69, 9.17) is 9.05 Å². The van der Waals surface area contributed by atoms with Crippen molar-refractivity contribution in [2.24, 2.45) is 0 Å². The molecule has 3 unspecified atom stereocenters. The Morgan fingerprint density at radius 1 is 0.429 bits per heavy atom. The minimum Gasteiger partial charge on any atom is -0.387 e. The lowest BCUT2D eigenvalue weighted by molar-refractivity contribution is -0.870. The van der Waals surface area contributed by atoms with Gasteiger partial charge < -0.3 is 19.8 Å². The van der Waals surface area contributed by atoms with Gasteiger partial charge in [-0.05, 0) is 44.9 Å². The largest absolute Gasteiger partial charge is 0.472 e. The van der Waals surface area contributed by atoms with Crippen molar-refractivity contribution in [2.75, 3.05) is 40.9 Å². The highest BCUT2D eigenvalue weighted by atomic mass is 31.2. The number of aliphatic hydroxyl groups is 1. The molecule has 3 atom stereocenters. The van der Waals surface area contributed by atoms with E-state index < -0.39 is 20.0 Å². The maximum Gasteiger partial charge on any atom is 0.472 e. The zero-order chi connectivity index (χ0) is 56.3. The average Bonchev–Trinajstić information content (AvgIpc) is 3.39. The van der Waals surface area contributed by atoms with E-state index >= 15 is 0 Å². The lowest BCUT2D eigenvalue weighted by Crippen LogP contribution is -2.45. The normalized spacial score (nSPS) is 13.9. The number of likely N-dealkylation sites (N-methyl/N-ethyl adjacent to an activating group) is 1. The van der Waals surface area contributed by atoms with E-state index in [0.717, 1.165) is 44.9 Å². The van der Waals surface area contributed by atoms with Crippen molar-refractivity contribution < 1.29 is 32.9 Å². The minimum absolute atomic E-state index is 0.0554. The molecule has 0 aliphatic rings. The Morgan fingerprint density at radius 2 is 0.714 bits per heavy atom. The molecule has 0 saturated heterocycles. The number of phosphoric ester groups is 1. The second-order valence-electron chi connectivity index (χ2n) is 24.5. The van der Waals surface area contributed by atoms with Gasteiger partial charge in [-0.2, -0.15) is 0 Å². The van der Waals surface area contributed by atoms with Gasteiger partial charge in [-0.15, -0.1) is 0 Å². The lowest BCUT2D eigenvalue weighted by atomic mass is 10.0. The molecular weight excluding hydrogens is 972 g/mol. The van der Waals surface area contributed by atoms with Crippen LogP contribution >= 0.6 is 7.82 Å². The van der Waals surface area contributed by atoms with Crippen LogP contribution in [0.2, 0.25) is 0 Å². The summed E-state index contributed by atoms with van der Waals surface area (Å²) < 4.78 is 23.8. The summed E-state index contributed by atoms with van der Waals surface area (Å²) in [5.74, 6) is -0.184. The first-order chi connectivity index (χ1) is 37.5. The molecule has 0 saturated carbocycles. The topological polar surface area (TPSA) is 105 Å². The van der Waals surface area contributed by atoms with Crippen LogP contribution in [0.4, 0.5) is 0 Å². The van der Waals surface area contributed by atoms with Crippen LogP contribution in [0.15, 0.2) is 36.5 Å². The van der Waals surface area contributed by atoms with E-state index in [2.05, 4.69) is 43.5 Å². The number of carbonyl (C=O) groups is 1. The zero-order valence-corrected chi connectivity index (χ0v) is 53.1. The summed E-state index contributed by atoms with van der Waals surface area (Å²) in [5, 5.41) is 14.0. The fourth-order valence-corrected chi connectivity index (χ4v) is 11.1. The Morgan fingerprint density at radius 3 is 1.04 bits per heavy atom. The summed E-state index contributed by atoms with van der Waals surface area (Å²) in [6.45, 7) is 4.85. The highest BCUT2D eigenvalue weighted by Crippen LogP contribution is 2.43. The third-order valence-electron chi connectivity index (χ3n) is 15.6. The van der Waals surface area contributed by atoms with Gasteiger partial charge in [0.2, 0.25) is 5.91 Å². The van der Waals surface area contributed by atoms with Crippen LogP contribution in [0.1, 0.15) is 341 Å². The number of phosphoric acid groups is 1. The number of hydrogen-bond donors (Lipinski definition) is 3. The molecule has 77 heavy (non-hydrogen) atoms.